The highest BCUT2D eigenvalue weighted by Crippen LogP contribution is 2.24. The Morgan fingerprint density at radius 1 is 1.28 bits per heavy atom. The molecule has 2 rings (SSSR count). The summed E-state index contributed by atoms with van der Waals surface area (Å²) in [6, 6.07) is 7.71. The van der Waals surface area contributed by atoms with Gasteiger partial charge in [0, 0.05) is 18.8 Å². The van der Waals surface area contributed by atoms with Crippen LogP contribution in [0.5, 0.6) is 11.5 Å². The summed E-state index contributed by atoms with van der Waals surface area (Å²) in [6.45, 7) is 0.360. The fourth-order valence-electron chi connectivity index (χ4n) is 1.43. The second-order valence-electron chi connectivity index (χ2n) is 3.59. The second kappa shape index (κ2) is 5.24. The fraction of sp³-hybridized carbons (Fsp3) is 0.0833. The molecule has 0 saturated heterocycles. The van der Waals surface area contributed by atoms with Gasteiger partial charge < -0.3 is 10.5 Å². The highest BCUT2D eigenvalue weighted by atomic mass is 16.6. The van der Waals surface area contributed by atoms with Crippen LogP contribution in [0.15, 0.2) is 42.7 Å². The molecule has 2 N–H and O–H groups in total. The number of nitrogens with zero attached hydrogens (tertiary/aromatic N) is 2. The molecule has 18 heavy (non-hydrogen) atoms. The number of pyridine rings is 1. The van der Waals surface area contributed by atoms with Crippen molar-refractivity contribution in [2.24, 2.45) is 5.73 Å². The van der Waals surface area contributed by atoms with Crippen molar-refractivity contribution in [1.29, 1.82) is 0 Å². The van der Waals surface area contributed by atoms with E-state index >= 15 is 0 Å². The third kappa shape index (κ3) is 2.80. The topological polar surface area (TPSA) is 91.3 Å². The first-order valence-corrected chi connectivity index (χ1v) is 5.25. The Balaban J connectivity index is 2.22. The number of nitro benzene ring substituents is 1. The summed E-state index contributed by atoms with van der Waals surface area (Å²) in [5, 5.41) is 10.6. The lowest BCUT2D eigenvalue weighted by Gasteiger charge is -2.06. The first-order valence-electron chi connectivity index (χ1n) is 5.25. The van der Waals surface area contributed by atoms with Crippen molar-refractivity contribution in [2.75, 3.05) is 0 Å². The largest absolute Gasteiger partial charge is 0.455 e. The molecule has 0 bridgehead atoms. The molecule has 6 heteroatoms. The summed E-state index contributed by atoms with van der Waals surface area (Å²) in [4.78, 5) is 14.1. The average Bonchev–Trinajstić information content (AvgIpc) is 2.39. The minimum absolute atomic E-state index is 0.0181. The summed E-state index contributed by atoms with van der Waals surface area (Å²) in [5.74, 6) is 0.888. The van der Waals surface area contributed by atoms with Crippen molar-refractivity contribution in [3.63, 3.8) is 0 Å². The Morgan fingerprint density at radius 3 is 2.83 bits per heavy atom. The molecule has 6 nitrogen and oxygen atoms in total. The first-order chi connectivity index (χ1) is 8.69. The molecule has 0 aliphatic carbocycles. The standard InChI is InChI=1S/C12H11N3O3/c13-6-9-4-12(8-14-7-9)18-11-3-1-2-10(5-11)15(16)17/h1-5,7-8H,6,13H2. The summed E-state index contributed by atoms with van der Waals surface area (Å²) in [6.07, 6.45) is 3.16. The van der Waals surface area contributed by atoms with Crippen molar-refractivity contribution in [3.05, 3.63) is 58.4 Å². The molecule has 92 valence electrons. The minimum Gasteiger partial charge on any atom is -0.455 e. The highest BCUT2D eigenvalue weighted by molar-refractivity contribution is 5.40. The molecular weight excluding hydrogens is 234 g/mol. The zero-order valence-electron chi connectivity index (χ0n) is 9.45. The van der Waals surface area contributed by atoms with Gasteiger partial charge in [0.25, 0.3) is 5.69 Å². The van der Waals surface area contributed by atoms with E-state index in [-0.39, 0.29) is 5.69 Å². The van der Waals surface area contributed by atoms with Gasteiger partial charge in [0.1, 0.15) is 11.5 Å². The summed E-state index contributed by atoms with van der Waals surface area (Å²) >= 11 is 0. The van der Waals surface area contributed by atoms with Crippen LogP contribution in [0, 0.1) is 10.1 Å². The van der Waals surface area contributed by atoms with Gasteiger partial charge in [-0.15, -0.1) is 0 Å². The van der Waals surface area contributed by atoms with Crippen LogP contribution in [0.1, 0.15) is 5.56 Å². The van der Waals surface area contributed by atoms with E-state index in [1.165, 1.54) is 18.3 Å². The van der Waals surface area contributed by atoms with Crippen molar-refractivity contribution in [2.45, 2.75) is 6.54 Å². The average molecular weight is 245 g/mol. The molecule has 1 aromatic heterocycles. The molecule has 0 spiro atoms. The van der Waals surface area contributed by atoms with E-state index in [9.17, 15) is 10.1 Å². The maximum Gasteiger partial charge on any atom is 0.273 e. The van der Waals surface area contributed by atoms with Crippen molar-refractivity contribution in [1.82, 2.24) is 4.98 Å². The second-order valence-corrected chi connectivity index (χ2v) is 3.59. The first kappa shape index (κ1) is 12.0. The smallest absolute Gasteiger partial charge is 0.273 e. The van der Waals surface area contributed by atoms with Crippen LogP contribution in [-0.2, 0) is 6.54 Å². The van der Waals surface area contributed by atoms with Gasteiger partial charge in [-0.3, -0.25) is 15.1 Å². The lowest BCUT2D eigenvalue weighted by molar-refractivity contribution is -0.384. The molecule has 0 amide bonds. The van der Waals surface area contributed by atoms with E-state index < -0.39 is 4.92 Å². The van der Waals surface area contributed by atoms with Crippen LogP contribution in [0.4, 0.5) is 5.69 Å². The van der Waals surface area contributed by atoms with Crippen molar-refractivity contribution in [3.8, 4) is 11.5 Å². The molecule has 0 aliphatic rings. The van der Waals surface area contributed by atoms with Crippen molar-refractivity contribution < 1.29 is 9.66 Å². The Labute approximate surface area is 103 Å². The van der Waals surface area contributed by atoms with Gasteiger partial charge in [-0.1, -0.05) is 6.07 Å². The van der Waals surface area contributed by atoms with Crippen LogP contribution >= 0.6 is 0 Å². The van der Waals surface area contributed by atoms with Gasteiger partial charge in [0.2, 0.25) is 0 Å². The maximum atomic E-state index is 10.6. The van der Waals surface area contributed by atoms with E-state index in [1.54, 1.807) is 24.4 Å². The van der Waals surface area contributed by atoms with Gasteiger partial charge in [0.05, 0.1) is 17.2 Å². The van der Waals surface area contributed by atoms with Gasteiger partial charge in [-0.05, 0) is 17.7 Å². The fourth-order valence-corrected chi connectivity index (χ4v) is 1.43. The van der Waals surface area contributed by atoms with E-state index in [0.717, 1.165) is 5.56 Å². The number of rotatable bonds is 4. The van der Waals surface area contributed by atoms with Gasteiger partial charge >= 0.3 is 0 Å². The van der Waals surface area contributed by atoms with E-state index in [0.29, 0.717) is 18.0 Å². The third-order valence-corrected chi connectivity index (χ3v) is 2.27. The van der Waals surface area contributed by atoms with E-state index in [1.807, 2.05) is 0 Å². The number of nitrogens with two attached hydrogens (primary N) is 1. The predicted molar refractivity (Wildman–Crippen MR) is 65.3 cm³/mol. The molecule has 2 aromatic rings. The van der Waals surface area contributed by atoms with Gasteiger partial charge in [-0.25, -0.2) is 0 Å². The Bertz CT molecular complexity index is 572. The molecule has 0 radical (unpaired) electrons. The highest BCUT2D eigenvalue weighted by Gasteiger charge is 2.07. The molecule has 0 saturated carbocycles. The lowest BCUT2D eigenvalue weighted by Crippen LogP contribution is -1.97. The molecule has 0 unspecified atom stereocenters. The molecule has 0 fully saturated rings. The van der Waals surface area contributed by atoms with Crippen LogP contribution in [0.2, 0.25) is 0 Å². The molecule has 1 heterocycles. The normalized spacial score (nSPS) is 10.1. The van der Waals surface area contributed by atoms with Crippen LogP contribution in [0.25, 0.3) is 0 Å². The van der Waals surface area contributed by atoms with Gasteiger partial charge in [-0.2, -0.15) is 0 Å². The number of non-ortho nitro benzene ring substituents is 1. The molecule has 0 atom stereocenters. The monoisotopic (exact) mass is 245 g/mol. The number of nitro groups is 1. The van der Waals surface area contributed by atoms with E-state index in [2.05, 4.69) is 4.98 Å². The number of aromatic nitrogens is 1. The predicted octanol–water partition coefficient (Wildman–Crippen LogP) is 2.24. The Morgan fingerprint density at radius 2 is 2.11 bits per heavy atom. The maximum absolute atomic E-state index is 10.6. The Kier molecular flexibility index (Phi) is 3.49. The number of hydrogen-bond acceptors (Lipinski definition) is 5. The van der Waals surface area contributed by atoms with Crippen LogP contribution < -0.4 is 10.5 Å². The quantitative estimate of drug-likeness (QED) is 0.658. The minimum atomic E-state index is -0.471. The number of benzene rings is 1. The third-order valence-electron chi connectivity index (χ3n) is 2.27. The number of hydrogen-bond donors (Lipinski definition) is 1. The summed E-state index contributed by atoms with van der Waals surface area (Å²) in [5.41, 5.74) is 6.30. The Hall–Kier alpha value is -2.47. The molecule has 1 aromatic carbocycles. The summed E-state index contributed by atoms with van der Waals surface area (Å²) in [7, 11) is 0. The number of ether oxygens (including phenoxy) is 1. The van der Waals surface area contributed by atoms with Gasteiger partial charge in [0.15, 0.2) is 0 Å². The van der Waals surface area contributed by atoms with E-state index in [4.69, 9.17) is 10.5 Å². The SMILES string of the molecule is NCc1cncc(Oc2cccc([N+](=O)[O-])c2)c1. The summed E-state index contributed by atoms with van der Waals surface area (Å²) < 4.78 is 5.49. The lowest BCUT2D eigenvalue weighted by atomic mass is 10.3. The van der Waals surface area contributed by atoms with Crippen LogP contribution in [-0.4, -0.2) is 9.91 Å². The molecule has 0 aliphatic heterocycles. The van der Waals surface area contributed by atoms with Crippen molar-refractivity contribution >= 4 is 5.69 Å². The zero-order chi connectivity index (χ0) is 13.0. The van der Waals surface area contributed by atoms with Crippen LogP contribution in [0.3, 0.4) is 0 Å². The zero-order valence-corrected chi connectivity index (χ0v) is 9.45. The molecular formula is C12H11N3O3.